The molecule has 0 saturated carbocycles. The first-order valence-corrected chi connectivity index (χ1v) is 17.6. The van der Waals surface area contributed by atoms with E-state index in [0.29, 0.717) is 0 Å². The number of carboxylic acids is 1. The van der Waals surface area contributed by atoms with E-state index in [1.54, 1.807) is 0 Å². The summed E-state index contributed by atoms with van der Waals surface area (Å²) in [7, 11) is 0. The third-order valence-electron chi connectivity index (χ3n) is 9.94. The molecule has 0 aromatic heterocycles. The minimum Gasteiger partial charge on any atom is -0.477 e. The van der Waals surface area contributed by atoms with Crippen molar-refractivity contribution >= 4 is 17.8 Å². The Bertz CT molecular complexity index is 1330. The molecule has 0 radical (unpaired) electrons. The fourth-order valence-electron chi connectivity index (χ4n) is 6.99. The quantitative estimate of drug-likeness (QED) is 0.0773. The highest BCUT2D eigenvalue weighted by atomic mass is 16.8. The van der Waals surface area contributed by atoms with Crippen molar-refractivity contribution in [1.82, 2.24) is 10.6 Å². The molecular weight excluding hydrogens is 768 g/mol. The molecule has 0 bridgehead atoms. The van der Waals surface area contributed by atoms with Crippen molar-refractivity contribution in [2.75, 3.05) is 19.8 Å². The van der Waals surface area contributed by atoms with Gasteiger partial charge in [0.05, 0.1) is 38.1 Å². The van der Waals surface area contributed by atoms with E-state index >= 15 is 0 Å². The van der Waals surface area contributed by atoms with Gasteiger partial charge in [-0.1, -0.05) is 0 Å². The van der Waals surface area contributed by atoms with Crippen molar-refractivity contribution < 1.29 is 114 Å². The van der Waals surface area contributed by atoms with Gasteiger partial charge in [0.15, 0.2) is 18.9 Å². The number of aliphatic carboxylic acids is 1. The van der Waals surface area contributed by atoms with Crippen LogP contribution in [0, 0.1) is 0 Å². The van der Waals surface area contributed by atoms with Crippen LogP contribution in [0.25, 0.3) is 0 Å². The highest BCUT2D eigenvalue weighted by Gasteiger charge is 2.60. The molecule has 25 heteroatoms. The van der Waals surface area contributed by atoms with Crippen molar-refractivity contribution in [1.29, 1.82) is 0 Å². The largest absolute Gasteiger partial charge is 0.477 e. The lowest BCUT2D eigenvalue weighted by molar-refractivity contribution is -0.390. The van der Waals surface area contributed by atoms with Gasteiger partial charge in [0, 0.05) is 20.3 Å². The van der Waals surface area contributed by atoms with Gasteiger partial charge >= 0.3 is 5.97 Å². The van der Waals surface area contributed by atoms with Crippen LogP contribution in [0.3, 0.4) is 0 Å². The van der Waals surface area contributed by atoms with Gasteiger partial charge in [0.2, 0.25) is 11.8 Å². The third kappa shape index (κ3) is 9.74. The maximum atomic E-state index is 12.9. The number of carboxylic acid groups (broad SMARTS) is 1. The Labute approximate surface area is 317 Å². The average molecular weight is 821 g/mol. The van der Waals surface area contributed by atoms with E-state index in [0.717, 1.165) is 13.8 Å². The van der Waals surface area contributed by atoms with E-state index in [2.05, 4.69) is 10.6 Å². The van der Waals surface area contributed by atoms with Crippen molar-refractivity contribution in [2.45, 2.75) is 155 Å². The molecule has 2 amide bonds. The summed E-state index contributed by atoms with van der Waals surface area (Å²) in [5.74, 6) is -6.69. The van der Waals surface area contributed by atoms with Crippen LogP contribution in [-0.2, 0) is 47.5 Å². The molecule has 0 aromatic carbocycles. The van der Waals surface area contributed by atoms with Gasteiger partial charge in [-0.05, 0) is 6.92 Å². The van der Waals surface area contributed by atoms with Crippen LogP contribution in [0.4, 0.5) is 0 Å². The van der Waals surface area contributed by atoms with E-state index in [1.165, 1.54) is 6.92 Å². The molecule has 1 unspecified atom stereocenters. The molecule has 56 heavy (non-hydrogen) atoms. The lowest BCUT2D eigenvalue weighted by atomic mass is 9.88. The summed E-state index contributed by atoms with van der Waals surface area (Å²) in [6.07, 6.45) is -35.1. The first-order chi connectivity index (χ1) is 26.2. The van der Waals surface area contributed by atoms with Gasteiger partial charge in [-0.15, -0.1) is 0 Å². The highest BCUT2D eigenvalue weighted by Crippen LogP contribution is 2.39. The molecule has 4 saturated heterocycles. The summed E-state index contributed by atoms with van der Waals surface area (Å²) >= 11 is 0. The maximum absolute atomic E-state index is 12.9. The molecule has 4 fully saturated rings. The summed E-state index contributed by atoms with van der Waals surface area (Å²) in [6.45, 7) is 0.283. The first kappa shape index (κ1) is 46.3. The van der Waals surface area contributed by atoms with Crippen molar-refractivity contribution in [3.8, 4) is 0 Å². The molecule has 15 N–H and O–H groups in total. The van der Waals surface area contributed by atoms with Gasteiger partial charge in [-0.25, -0.2) is 4.79 Å². The number of amides is 2. The zero-order valence-corrected chi connectivity index (χ0v) is 30.3. The zero-order chi connectivity index (χ0) is 42.0. The Hall–Kier alpha value is -2.35. The van der Waals surface area contributed by atoms with Crippen LogP contribution in [0.2, 0.25) is 0 Å². The molecule has 0 spiro atoms. The second-order valence-electron chi connectivity index (χ2n) is 14.0. The monoisotopic (exact) mass is 820 g/mol. The average Bonchev–Trinajstić information content (AvgIpc) is 3.14. The molecule has 25 nitrogen and oxygen atoms in total. The Balaban J connectivity index is 1.71. The molecule has 324 valence electrons. The number of rotatable bonds is 14. The van der Waals surface area contributed by atoms with E-state index < -0.39 is 172 Å². The minimum absolute atomic E-state index is 0.767. The number of hydrogen-bond donors (Lipinski definition) is 15. The number of nitrogens with one attached hydrogen (secondary N) is 2. The van der Waals surface area contributed by atoms with E-state index in [4.69, 9.17) is 33.2 Å². The SMILES string of the molecule is CC(=O)NC1[C@H]([C@H](O)[C@H](O)CO)O[C@@](O[C@H]2[C@@H](O)[C@@H](CO)O[C@@H](O[C@H]3[C@H](O[C@@H]4O[C@@H](C)[C@@H](O)[C@@H](O)[C@@H]4O)[C@@H](NC(C)=O)[C@H](O)O[C@@H]3CO)[C@@H]2O)(C(=O)O)C[C@@H]1O. The van der Waals surface area contributed by atoms with Gasteiger partial charge < -0.3 is 110 Å². The molecule has 21 atom stereocenters. The second kappa shape index (κ2) is 19.1. The van der Waals surface area contributed by atoms with Gasteiger partial charge in [0.25, 0.3) is 5.79 Å². The highest BCUT2D eigenvalue weighted by molar-refractivity contribution is 5.76. The summed E-state index contributed by atoms with van der Waals surface area (Å²) in [6, 6.07) is -3.22. The van der Waals surface area contributed by atoms with Crippen LogP contribution < -0.4 is 10.6 Å². The Morgan fingerprint density at radius 3 is 1.86 bits per heavy atom. The lowest BCUT2D eigenvalue weighted by Gasteiger charge is -2.51. The predicted octanol–water partition coefficient (Wildman–Crippen LogP) is -9.23. The molecule has 4 aliphatic heterocycles. The van der Waals surface area contributed by atoms with Crippen molar-refractivity contribution in [3.63, 3.8) is 0 Å². The minimum atomic E-state index is -3.12. The molecular formula is C31H52N2O23. The summed E-state index contributed by atoms with van der Waals surface area (Å²) in [4.78, 5) is 37.0. The molecule has 0 aliphatic carbocycles. The normalized spacial score (nSPS) is 45.7. The number of carbonyl (C=O) groups is 3. The summed E-state index contributed by atoms with van der Waals surface area (Å²) < 4.78 is 39.7. The van der Waals surface area contributed by atoms with Crippen LogP contribution in [0.5, 0.6) is 0 Å². The summed E-state index contributed by atoms with van der Waals surface area (Å²) in [5, 5.41) is 142. The summed E-state index contributed by atoms with van der Waals surface area (Å²) in [5.41, 5.74) is 0. The molecule has 4 aliphatic rings. The van der Waals surface area contributed by atoms with E-state index in [9.17, 15) is 80.8 Å². The second-order valence-corrected chi connectivity index (χ2v) is 14.0. The molecule has 4 rings (SSSR count). The maximum Gasteiger partial charge on any atom is 0.364 e. The van der Waals surface area contributed by atoms with Crippen LogP contribution in [0.15, 0.2) is 0 Å². The number of aliphatic hydroxyl groups excluding tert-OH is 12. The lowest BCUT2D eigenvalue weighted by Crippen LogP contribution is -2.71. The fourth-order valence-corrected chi connectivity index (χ4v) is 6.99. The van der Waals surface area contributed by atoms with Gasteiger partial charge in [-0.3, -0.25) is 9.59 Å². The number of carbonyl (C=O) groups excluding carboxylic acids is 2. The zero-order valence-electron chi connectivity index (χ0n) is 30.3. The van der Waals surface area contributed by atoms with E-state index in [-0.39, 0.29) is 0 Å². The predicted molar refractivity (Wildman–Crippen MR) is 173 cm³/mol. The molecule has 4 heterocycles. The van der Waals surface area contributed by atoms with Gasteiger partial charge in [-0.2, -0.15) is 0 Å². The van der Waals surface area contributed by atoms with Gasteiger partial charge in [0.1, 0.15) is 85.4 Å². The first-order valence-electron chi connectivity index (χ1n) is 17.6. The topological polar surface area (TPSA) is 403 Å². The van der Waals surface area contributed by atoms with Crippen LogP contribution in [0.1, 0.15) is 27.2 Å². The Morgan fingerprint density at radius 2 is 1.30 bits per heavy atom. The van der Waals surface area contributed by atoms with E-state index in [1.807, 2.05) is 0 Å². The standard InChI is InChI=1S/C31H52N2O23/c1-8-17(41)20(44)21(45)28(50-8)54-25-16(33-10(3)38)27(47)51-14(7-36)23(25)53-29-22(46)26(19(43)13(6-35)52-29)56-31(30(48)49)4-11(39)15(32-9(2)37)24(55-31)18(42)12(40)5-34/h8,11-29,34-36,39-47H,4-7H2,1-3H3,(H,32,37)(H,33,38)(H,48,49)/t8-,11-,12+,13+,14+,15?,16+,17+,18+,19-,20+,21-,22+,23+,24+,25+,26-,27+,28-,29-,31-/m0/s1. The number of aliphatic hydroxyl groups is 12. The van der Waals surface area contributed by atoms with Crippen LogP contribution in [-0.4, -0.2) is 232 Å². The Kier molecular flexibility index (Phi) is 15.8. The molecule has 0 aromatic rings. The third-order valence-corrected chi connectivity index (χ3v) is 9.94. The fraction of sp³-hybridized carbons (Fsp3) is 0.903. The number of hydrogen-bond acceptors (Lipinski definition) is 22. The van der Waals surface area contributed by atoms with Crippen LogP contribution >= 0.6 is 0 Å². The Morgan fingerprint density at radius 1 is 0.732 bits per heavy atom. The number of ether oxygens (including phenoxy) is 7. The van der Waals surface area contributed by atoms with Crippen molar-refractivity contribution in [3.05, 3.63) is 0 Å². The van der Waals surface area contributed by atoms with Crippen molar-refractivity contribution in [2.24, 2.45) is 0 Å². The smallest absolute Gasteiger partial charge is 0.364 e.